The molecular formula is C17H17F5N4OS. The number of aromatic nitrogens is 2. The van der Waals surface area contributed by atoms with Gasteiger partial charge in [0.05, 0.1) is 12.1 Å². The van der Waals surface area contributed by atoms with Gasteiger partial charge in [0, 0.05) is 37.7 Å². The van der Waals surface area contributed by atoms with Crippen LogP contribution in [0.2, 0.25) is 0 Å². The quantitative estimate of drug-likeness (QED) is 0.475. The van der Waals surface area contributed by atoms with Crippen molar-refractivity contribution in [1.82, 2.24) is 8.97 Å². The maximum atomic E-state index is 13.3. The topological polar surface area (TPSA) is 53.5 Å². The third-order valence-electron chi connectivity index (χ3n) is 4.17. The maximum absolute atomic E-state index is 13.3. The van der Waals surface area contributed by atoms with E-state index in [1.807, 2.05) is 0 Å². The second kappa shape index (κ2) is 5.60. The van der Waals surface area contributed by atoms with Crippen LogP contribution in [0, 0.1) is 5.41 Å². The summed E-state index contributed by atoms with van der Waals surface area (Å²) in [6, 6.07) is 6.72. The third-order valence-corrected chi connectivity index (χ3v) is 5.30. The van der Waals surface area contributed by atoms with Crippen LogP contribution in [-0.2, 0) is 6.54 Å². The molecule has 152 valence electrons. The van der Waals surface area contributed by atoms with Gasteiger partial charge in [-0.3, -0.25) is 14.6 Å². The van der Waals surface area contributed by atoms with Crippen LogP contribution in [0.25, 0.3) is 5.52 Å². The fourth-order valence-electron chi connectivity index (χ4n) is 2.71. The average Bonchev–Trinajstić information content (AvgIpc) is 2.88. The van der Waals surface area contributed by atoms with Crippen LogP contribution >= 0.6 is 10.2 Å². The first-order chi connectivity index (χ1) is 12.7. The Bertz CT molecular complexity index is 1150. The van der Waals surface area contributed by atoms with Gasteiger partial charge in [-0.2, -0.15) is 0 Å². The van der Waals surface area contributed by atoms with Gasteiger partial charge >= 0.3 is 10.2 Å². The van der Waals surface area contributed by atoms with Crippen LogP contribution in [0.5, 0.6) is 0 Å². The standard InChI is InChI=1S/C17H17F5N4OS/c1-24(2)14-7-12(8-15(9-14)28(18,19,20,21)22)16(27)11-25-10-13-5-3-4-6-26(13)17(25)23/h3-10,23H,11H2,1-2H3. The minimum Gasteiger partial charge on any atom is -0.378 e. The van der Waals surface area contributed by atoms with E-state index in [1.165, 1.54) is 34.2 Å². The molecule has 28 heavy (non-hydrogen) atoms. The molecule has 0 aliphatic rings. The van der Waals surface area contributed by atoms with Crippen molar-refractivity contribution in [3.05, 3.63) is 60.0 Å². The van der Waals surface area contributed by atoms with Gasteiger partial charge in [-0.1, -0.05) is 25.5 Å². The lowest BCUT2D eigenvalue weighted by Crippen LogP contribution is -2.24. The summed E-state index contributed by atoms with van der Waals surface area (Å²) < 4.78 is 69.2. The van der Waals surface area contributed by atoms with E-state index < -0.39 is 33.0 Å². The normalized spacial score (nSPS) is 14.5. The number of hydrogen-bond acceptors (Lipinski definition) is 3. The van der Waals surface area contributed by atoms with Gasteiger partial charge in [-0.15, -0.1) is 0 Å². The van der Waals surface area contributed by atoms with Crippen LogP contribution in [-0.4, -0.2) is 28.8 Å². The fraction of sp³-hybridized carbons (Fsp3) is 0.176. The Morgan fingerprint density at radius 2 is 1.79 bits per heavy atom. The Balaban J connectivity index is 2.07. The summed E-state index contributed by atoms with van der Waals surface area (Å²) in [5, 5.41) is 8.06. The van der Waals surface area contributed by atoms with Gasteiger partial charge in [0.2, 0.25) is 5.62 Å². The number of anilines is 1. The molecule has 0 amide bonds. The van der Waals surface area contributed by atoms with Crippen LogP contribution in [0.1, 0.15) is 10.4 Å². The molecule has 1 N–H and O–H groups in total. The highest BCUT2D eigenvalue weighted by Gasteiger charge is 2.65. The number of fused-ring (bicyclic) bond motifs is 1. The van der Waals surface area contributed by atoms with E-state index in [4.69, 9.17) is 5.41 Å². The second-order valence-corrected chi connectivity index (χ2v) is 8.99. The number of carbonyl (C=O) groups is 1. The summed E-state index contributed by atoms with van der Waals surface area (Å²) in [6.07, 6.45) is 3.08. The van der Waals surface area contributed by atoms with E-state index >= 15 is 0 Å². The summed E-state index contributed by atoms with van der Waals surface area (Å²) in [5.41, 5.74) is -0.139. The number of benzene rings is 1. The molecule has 0 saturated carbocycles. The van der Waals surface area contributed by atoms with Crippen molar-refractivity contribution >= 4 is 27.2 Å². The number of carbonyl (C=O) groups excluding carboxylic acids is 1. The number of halogens is 5. The number of rotatable bonds is 5. The van der Waals surface area contributed by atoms with Crippen LogP contribution in [0.4, 0.5) is 25.1 Å². The van der Waals surface area contributed by atoms with Crippen molar-refractivity contribution in [3.63, 3.8) is 0 Å². The monoisotopic (exact) mass is 420 g/mol. The number of Topliss-reactive ketones (excluding diaryl/α,β-unsaturated/α-hetero) is 1. The van der Waals surface area contributed by atoms with Gasteiger partial charge in [0.1, 0.15) is 4.90 Å². The lowest BCUT2D eigenvalue weighted by atomic mass is 10.1. The Kier molecular flexibility index (Phi) is 3.98. The highest BCUT2D eigenvalue weighted by molar-refractivity contribution is 8.45. The first-order valence-electron chi connectivity index (χ1n) is 7.96. The minimum atomic E-state index is -9.96. The molecule has 11 heteroatoms. The summed E-state index contributed by atoms with van der Waals surface area (Å²) in [4.78, 5) is 11.7. The molecule has 0 aliphatic carbocycles. The smallest absolute Gasteiger partial charge is 0.310 e. The van der Waals surface area contributed by atoms with Gasteiger partial charge in [-0.25, -0.2) is 0 Å². The molecule has 0 radical (unpaired) electrons. The van der Waals surface area contributed by atoms with E-state index in [1.54, 1.807) is 24.4 Å². The summed E-state index contributed by atoms with van der Waals surface area (Å²) in [6.45, 7) is -0.461. The number of hydrogen-bond donors (Lipinski definition) is 1. The molecule has 0 aliphatic heterocycles. The van der Waals surface area contributed by atoms with Gasteiger partial charge in [-0.05, 0) is 30.3 Å². The van der Waals surface area contributed by atoms with Crippen LogP contribution in [0.15, 0.2) is 53.7 Å². The van der Waals surface area contributed by atoms with Crippen molar-refractivity contribution in [2.45, 2.75) is 11.4 Å². The Morgan fingerprint density at radius 1 is 1.11 bits per heavy atom. The van der Waals surface area contributed by atoms with Crippen LogP contribution in [0.3, 0.4) is 0 Å². The van der Waals surface area contributed by atoms with Crippen molar-refractivity contribution in [2.24, 2.45) is 0 Å². The first-order valence-corrected chi connectivity index (χ1v) is 9.92. The molecule has 0 bridgehead atoms. The molecule has 0 atom stereocenters. The van der Waals surface area contributed by atoms with Crippen molar-refractivity contribution in [1.29, 1.82) is 5.41 Å². The maximum Gasteiger partial charge on any atom is 0.310 e. The molecule has 5 nitrogen and oxygen atoms in total. The molecule has 2 aromatic heterocycles. The molecule has 0 unspecified atom stereocenters. The average molecular weight is 420 g/mol. The number of ketones is 1. The minimum absolute atomic E-state index is 0.0688. The van der Waals surface area contributed by atoms with Gasteiger partial charge in [0.25, 0.3) is 0 Å². The lowest BCUT2D eigenvalue weighted by Gasteiger charge is -2.41. The Labute approximate surface area is 156 Å². The summed E-state index contributed by atoms with van der Waals surface area (Å²) in [5.74, 6) is -0.818. The molecule has 2 heterocycles. The van der Waals surface area contributed by atoms with E-state index in [9.17, 15) is 24.2 Å². The predicted molar refractivity (Wildman–Crippen MR) is 97.7 cm³/mol. The first kappa shape index (κ1) is 19.9. The SMILES string of the molecule is CN(C)c1cc(C(=O)Cn2cc3ccccn3c2=N)cc(S(F)(F)(F)(F)F)c1. The summed E-state index contributed by atoms with van der Waals surface area (Å²) in [7, 11) is -7.19. The van der Waals surface area contributed by atoms with Crippen molar-refractivity contribution < 1.29 is 24.2 Å². The summed E-state index contributed by atoms with van der Waals surface area (Å²) >= 11 is 0. The van der Waals surface area contributed by atoms with Crippen molar-refractivity contribution in [2.75, 3.05) is 19.0 Å². The van der Waals surface area contributed by atoms with E-state index in [0.717, 1.165) is 6.07 Å². The highest BCUT2D eigenvalue weighted by atomic mass is 32.5. The number of imidazole rings is 1. The number of nitrogens with one attached hydrogen (secondary N) is 1. The van der Waals surface area contributed by atoms with E-state index in [2.05, 4.69) is 0 Å². The Morgan fingerprint density at radius 3 is 2.36 bits per heavy atom. The van der Waals surface area contributed by atoms with Gasteiger partial charge < -0.3 is 9.47 Å². The molecule has 0 spiro atoms. The highest BCUT2D eigenvalue weighted by Crippen LogP contribution is 3.02. The number of pyridine rings is 1. The predicted octanol–water partition coefficient (Wildman–Crippen LogP) is 4.83. The molecule has 3 rings (SSSR count). The van der Waals surface area contributed by atoms with Crippen LogP contribution < -0.4 is 10.5 Å². The molecule has 3 aromatic rings. The van der Waals surface area contributed by atoms with Gasteiger partial charge in [0.15, 0.2) is 5.78 Å². The lowest BCUT2D eigenvalue weighted by molar-refractivity contribution is 0.0970. The zero-order valence-corrected chi connectivity index (χ0v) is 15.7. The molecule has 1 aromatic carbocycles. The second-order valence-electron chi connectivity index (χ2n) is 6.58. The zero-order chi connectivity index (χ0) is 21.0. The van der Waals surface area contributed by atoms with E-state index in [-0.39, 0.29) is 17.4 Å². The largest absolute Gasteiger partial charge is 0.378 e. The molecular weight excluding hydrogens is 403 g/mol. The third kappa shape index (κ3) is 3.88. The molecule has 0 saturated heterocycles. The Hall–Kier alpha value is -2.82. The van der Waals surface area contributed by atoms with Crippen molar-refractivity contribution in [3.8, 4) is 0 Å². The molecule has 0 fully saturated rings. The fourth-order valence-corrected chi connectivity index (χ4v) is 3.40. The number of nitrogens with zero attached hydrogens (tertiary/aromatic N) is 3. The van der Waals surface area contributed by atoms with E-state index in [0.29, 0.717) is 11.6 Å². The zero-order valence-electron chi connectivity index (χ0n) is 14.9.